The maximum absolute atomic E-state index is 12.7. The van der Waals surface area contributed by atoms with Gasteiger partial charge in [0.1, 0.15) is 22.4 Å². The standard InChI is InChI=1S/C22H19Cl2NO5S2/c1-29-17-6-4-13(9-14(17)12-30-18-7-5-15(23)11-16(18)24)10-19-21(28)25(22(31)32-19)8-2-3-20(26)27/h4-7,9-11H,2-3,8,12H2,1H3,(H,26,27). The second-order valence-electron chi connectivity index (χ2n) is 6.77. The molecule has 2 aromatic rings. The topological polar surface area (TPSA) is 76.1 Å². The van der Waals surface area contributed by atoms with Gasteiger partial charge in [-0.15, -0.1) is 0 Å². The van der Waals surface area contributed by atoms with E-state index in [0.29, 0.717) is 37.2 Å². The van der Waals surface area contributed by atoms with Gasteiger partial charge in [0, 0.05) is 23.6 Å². The van der Waals surface area contributed by atoms with Gasteiger partial charge in [-0.2, -0.15) is 0 Å². The minimum atomic E-state index is -0.904. The van der Waals surface area contributed by atoms with Crippen LogP contribution in [0.1, 0.15) is 24.0 Å². The molecule has 0 bridgehead atoms. The predicted molar refractivity (Wildman–Crippen MR) is 131 cm³/mol. The van der Waals surface area contributed by atoms with E-state index in [4.69, 9.17) is 50.0 Å². The van der Waals surface area contributed by atoms with E-state index in [2.05, 4.69) is 0 Å². The summed E-state index contributed by atoms with van der Waals surface area (Å²) >= 11 is 18.6. The summed E-state index contributed by atoms with van der Waals surface area (Å²) in [4.78, 5) is 25.3. The molecule has 32 heavy (non-hydrogen) atoms. The van der Waals surface area contributed by atoms with E-state index in [9.17, 15) is 9.59 Å². The van der Waals surface area contributed by atoms with Crippen LogP contribution in [-0.2, 0) is 16.2 Å². The van der Waals surface area contributed by atoms with Crippen molar-refractivity contribution in [1.29, 1.82) is 0 Å². The number of benzene rings is 2. The van der Waals surface area contributed by atoms with E-state index in [1.165, 1.54) is 16.7 Å². The van der Waals surface area contributed by atoms with Crippen LogP contribution in [0.25, 0.3) is 6.08 Å². The van der Waals surface area contributed by atoms with Crippen molar-refractivity contribution in [2.45, 2.75) is 19.4 Å². The van der Waals surface area contributed by atoms with Crippen LogP contribution >= 0.6 is 47.2 Å². The second kappa shape index (κ2) is 11.0. The minimum Gasteiger partial charge on any atom is -0.496 e. The van der Waals surface area contributed by atoms with Crippen LogP contribution in [0.15, 0.2) is 41.3 Å². The Kier molecular flexibility index (Phi) is 8.42. The average molecular weight is 512 g/mol. The van der Waals surface area contributed by atoms with Crippen LogP contribution in [-0.4, -0.2) is 39.9 Å². The van der Waals surface area contributed by atoms with Crippen LogP contribution in [0.4, 0.5) is 0 Å². The number of carboxylic acids is 1. The van der Waals surface area contributed by atoms with Crippen molar-refractivity contribution in [3.8, 4) is 11.5 Å². The number of carboxylic acid groups (broad SMARTS) is 1. The number of methoxy groups -OCH3 is 1. The van der Waals surface area contributed by atoms with Gasteiger partial charge in [-0.25, -0.2) is 0 Å². The number of thioether (sulfide) groups is 1. The molecule has 1 N–H and O–H groups in total. The highest BCUT2D eigenvalue weighted by molar-refractivity contribution is 8.26. The summed E-state index contributed by atoms with van der Waals surface area (Å²) in [6.45, 7) is 0.472. The average Bonchev–Trinajstić information content (AvgIpc) is 3.00. The summed E-state index contributed by atoms with van der Waals surface area (Å²) in [7, 11) is 1.57. The molecule has 0 unspecified atom stereocenters. The fraction of sp³-hybridized carbons (Fsp3) is 0.227. The first kappa shape index (κ1) is 24.4. The number of carbonyl (C=O) groups excluding carboxylic acids is 1. The lowest BCUT2D eigenvalue weighted by Gasteiger charge is -2.13. The molecule has 3 rings (SSSR count). The smallest absolute Gasteiger partial charge is 0.303 e. The van der Waals surface area contributed by atoms with Crippen molar-refractivity contribution in [2.24, 2.45) is 0 Å². The zero-order valence-corrected chi connectivity index (χ0v) is 20.1. The zero-order valence-electron chi connectivity index (χ0n) is 17.0. The van der Waals surface area contributed by atoms with Gasteiger partial charge in [0.05, 0.1) is 17.0 Å². The molecular weight excluding hydrogens is 493 g/mol. The van der Waals surface area contributed by atoms with Crippen molar-refractivity contribution in [3.63, 3.8) is 0 Å². The van der Waals surface area contributed by atoms with Crippen LogP contribution in [0.5, 0.6) is 11.5 Å². The van der Waals surface area contributed by atoms with Crippen LogP contribution in [0, 0.1) is 0 Å². The summed E-state index contributed by atoms with van der Waals surface area (Å²) < 4.78 is 11.7. The lowest BCUT2D eigenvalue weighted by molar-refractivity contribution is -0.137. The van der Waals surface area contributed by atoms with Crippen LogP contribution in [0.3, 0.4) is 0 Å². The number of nitrogens with zero attached hydrogens (tertiary/aromatic N) is 1. The van der Waals surface area contributed by atoms with Crippen molar-refractivity contribution < 1.29 is 24.2 Å². The highest BCUT2D eigenvalue weighted by Crippen LogP contribution is 2.34. The van der Waals surface area contributed by atoms with E-state index in [1.54, 1.807) is 37.5 Å². The minimum absolute atomic E-state index is 0.0183. The Morgan fingerprint density at radius 1 is 1.22 bits per heavy atom. The monoisotopic (exact) mass is 511 g/mol. The number of hydrogen-bond donors (Lipinski definition) is 1. The summed E-state index contributed by atoms with van der Waals surface area (Å²) in [5.74, 6) is -0.00925. The molecule has 10 heteroatoms. The van der Waals surface area contributed by atoms with Gasteiger partial charge in [-0.05, 0) is 48.4 Å². The number of rotatable bonds is 9. The quantitative estimate of drug-likeness (QED) is 0.344. The molecule has 0 aliphatic carbocycles. The van der Waals surface area contributed by atoms with Gasteiger partial charge in [-0.1, -0.05) is 53.2 Å². The van der Waals surface area contributed by atoms with Gasteiger partial charge in [0.2, 0.25) is 0 Å². The Balaban J connectivity index is 1.75. The molecule has 0 saturated carbocycles. The molecule has 6 nitrogen and oxygen atoms in total. The maximum atomic E-state index is 12.7. The highest BCUT2D eigenvalue weighted by atomic mass is 35.5. The Labute approximate surface area is 205 Å². The Hall–Kier alpha value is -2.26. The van der Waals surface area contributed by atoms with E-state index in [-0.39, 0.29) is 25.5 Å². The first-order valence-corrected chi connectivity index (χ1v) is 11.5. The summed E-state index contributed by atoms with van der Waals surface area (Å²) in [6, 6.07) is 10.5. The van der Waals surface area contributed by atoms with E-state index in [1.807, 2.05) is 12.1 Å². The molecule has 1 aliphatic rings. The first-order valence-electron chi connectivity index (χ1n) is 9.50. The third-order valence-corrected chi connectivity index (χ3v) is 6.43. The summed E-state index contributed by atoms with van der Waals surface area (Å²) in [5.41, 5.74) is 1.54. The van der Waals surface area contributed by atoms with Gasteiger partial charge >= 0.3 is 5.97 Å². The van der Waals surface area contributed by atoms with Crippen molar-refractivity contribution in [1.82, 2.24) is 4.90 Å². The largest absolute Gasteiger partial charge is 0.496 e. The lowest BCUT2D eigenvalue weighted by atomic mass is 10.1. The molecule has 1 aliphatic heterocycles. The Morgan fingerprint density at radius 2 is 1.97 bits per heavy atom. The maximum Gasteiger partial charge on any atom is 0.303 e. The Morgan fingerprint density at radius 3 is 2.66 bits per heavy atom. The van der Waals surface area contributed by atoms with Gasteiger partial charge in [0.25, 0.3) is 5.91 Å². The molecule has 0 atom stereocenters. The first-order chi connectivity index (χ1) is 15.3. The fourth-order valence-electron chi connectivity index (χ4n) is 2.98. The van der Waals surface area contributed by atoms with E-state index < -0.39 is 5.97 Å². The second-order valence-corrected chi connectivity index (χ2v) is 9.28. The molecule has 2 aromatic carbocycles. The van der Waals surface area contributed by atoms with E-state index >= 15 is 0 Å². The molecule has 1 amide bonds. The Bertz CT molecular complexity index is 1090. The lowest BCUT2D eigenvalue weighted by Crippen LogP contribution is -2.29. The number of halogens is 2. The van der Waals surface area contributed by atoms with Crippen LogP contribution in [0.2, 0.25) is 10.0 Å². The SMILES string of the molecule is COc1ccc(C=C2SC(=S)N(CCCC(=O)O)C2=O)cc1COc1ccc(Cl)cc1Cl. The van der Waals surface area contributed by atoms with Crippen LogP contribution < -0.4 is 9.47 Å². The summed E-state index contributed by atoms with van der Waals surface area (Å²) in [6.07, 6.45) is 2.07. The van der Waals surface area contributed by atoms with Crippen molar-refractivity contribution in [2.75, 3.05) is 13.7 Å². The molecule has 1 fully saturated rings. The van der Waals surface area contributed by atoms with Crippen molar-refractivity contribution in [3.05, 3.63) is 62.5 Å². The third-order valence-electron chi connectivity index (χ3n) is 4.53. The van der Waals surface area contributed by atoms with E-state index in [0.717, 1.165) is 11.1 Å². The number of thiocarbonyl (C=S) groups is 1. The van der Waals surface area contributed by atoms with Gasteiger partial charge in [-0.3, -0.25) is 14.5 Å². The van der Waals surface area contributed by atoms with Crippen molar-refractivity contribution >= 4 is 69.5 Å². The number of hydrogen-bond acceptors (Lipinski definition) is 6. The molecule has 1 saturated heterocycles. The number of amides is 1. The normalized spacial score (nSPS) is 14.8. The molecule has 0 aromatic heterocycles. The molecule has 0 radical (unpaired) electrons. The number of ether oxygens (including phenoxy) is 2. The molecule has 0 spiro atoms. The molecular formula is C22H19Cl2NO5S2. The molecule has 168 valence electrons. The number of carbonyl (C=O) groups is 2. The summed E-state index contributed by atoms with van der Waals surface area (Å²) in [5, 5.41) is 9.71. The highest BCUT2D eigenvalue weighted by Gasteiger charge is 2.31. The zero-order chi connectivity index (χ0) is 23.3. The van der Waals surface area contributed by atoms with Gasteiger partial charge < -0.3 is 14.6 Å². The number of aliphatic carboxylic acids is 1. The molecule has 1 heterocycles. The fourth-order valence-corrected chi connectivity index (χ4v) is 4.75. The van der Waals surface area contributed by atoms with Gasteiger partial charge in [0.15, 0.2) is 0 Å². The third kappa shape index (κ3) is 6.16. The predicted octanol–water partition coefficient (Wildman–Crippen LogP) is 5.65.